The molecule has 0 aliphatic rings. The number of hydrogen-bond donors (Lipinski definition) is 2. The Morgan fingerprint density at radius 3 is 2.52 bits per heavy atom. The van der Waals surface area contributed by atoms with E-state index in [0.717, 1.165) is 11.4 Å². The second-order valence-electron chi connectivity index (χ2n) is 5.24. The third-order valence-corrected chi connectivity index (χ3v) is 3.74. The zero-order valence-electron chi connectivity index (χ0n) is 13.5. The monoisotopic (exact) mass is 353 g/mol. The quantitative estimate of drug-likeness (QED) is 0.695. The number of ether oxygens (including phenoxy) is 1. The average molecular weight is 354 g/mol. The van der Waals surface area contributed by atoms with Crippen LogP contribution in [0.5, 0.6) is 5.75 Å². The summed E-state index contributed by atoms with van der Waals surface area (Å²) in [6.45, 7) is 0. The third-order valence-electron chi connectivity index (χ3n) is 3.51. The molecule has 0 aliphatic heterocycles. The van der Waals surface area contributed by atoms with E-state index in [4.69, 9.17) is 16.3 Å². The van der Waals surface area contributed by atoms with Gasteiger partial charge >= 0.3 is 0 Å². The lowest BCUT2D eigenvalue weighted by molar-refractivity contribution is 0.102. The van der Waals surface area contributed by atoms with E-state index in [9.17, 15) is 4.79 Å². The molecule has 0 fully saturated rings. The van der Waals surface area contributed by atoms with Gasteiger partial charge in [0, 0.05) is 28.8 Å². The van der Waals surface area contributed by atoms with Gasteiger partial charge in [-0.15, -0.1) is 0 Å². The summed E-state index contributed by atoms with van der Waals surface area (Å²) in [6, 6.07) is 16.1. The number of nitrogens with zero attached hydrogens (tertiary/aromatic N) is 1. The summed E-state index contributed by atoms with van der Waals surface area (Å²) in [6.07, 6.45) is 3.15. The first-order chi connectivity index (χ1) is 12.2. The fourth-order valence-electron chi connectivity index (χ4n) is 2.27. The smallest absolute Gasteiger partial charge is 0.257 e. The van der Waals surface area contributed by atoms with E-state index in [1.165, 1.54) is 6.20 Å². The number of rotatable bonds is 5. The molecular weight excluding hydrogens is 338 g/mol. The number of amides is 1. The molecule has 6 heteroatoms. The molecule has 2 aromatic carbocycles. The van der Waals surface area contributed by atoms with Crippen LogP contribution in [0.4, 0.5) is 17.1 Å². The van der Waals surface area contributed by atoms with Gasteiger partial charge in [-0.2, -0.15) is 0 Å². The van der Waals surface area contributed by atoms with Gasteiger partial charge in [0.25, 0.3) is 5.91 Å². The van der Waals surface area contributed by atoms with Gasteiger partial charge in [0.15, 0.2) is 0 Å². The highest BCUT2D eigenvalue weighted by atomic mass is 35.5. The number of aromatic nitrogens is 1. The highest BCUT2D eigenvalue weighted by Crippen LogP contribution is 2.30. The molecule has 3 aromatic rings. The average Bonchev–Trinajstić information content (AvgIpc) is 2.64. The van der Waals surface area contributed by atoms with Crippen molar-refractivity contribution in [2.24, 2.45) is 0 Å². The van der Waals surface area contributed by atoms with E-state index in [1.54, 1.807) is 43.6 Å². The van der Waals surface area contributed by atoms with Crippen molar-refractivity contribution in [2.75, 3.05) is 17.7 Å². The van der Waals surface area contributed by atoms with Crippen LogP contribution in [0, 0.1) is 0 Å². The molecule has 0 unspecified atom stereocenters. The Hall–Kier alpha value is -3.05. The number of pyridine rings is 1. The van der Waals surface area contributed by atoms with Crippen LogP contribution < -0.4 is 15.4 Å². The van der Waals surface area contributed by atoms with E-state index in [-0.39, 0.29) is 5.91 Å². The summed E-state index contributed by atoms with van der Waals surface area (Å²) in [5.74, 6) is 0.490. The second-order valence-corrected chi connectivity index (χ2v) is 5.68. The van der Waals surface area contributed by atoms with Gasteiger partial charge in [0.1, 0.15) is 5.75 Å². The molecule has 0 bridgehead atoms. The Morgan fingerprint density at radius 2 is 1.84 bits per heavy atom. The fourth-order valence-corrected chi connectivity index (χ4v) is 2.44. The van der Waals surface area contributed by atoms with Crippen molar-refractivity contribution in [1.29, 1.82) is 0 Å². The van der Waals surface area contributed by atoms with Crippen LogP contribution in [0.3, 0.4) is 0 Å². The molecule has 0 spiro atoms. The highest BCUT2D eigenvalue weighted by Gasteiger charge is 2.07. The van der Waals surface area contributed by atoms with Crippen molar-refractivity contribution in [1.82, 2.24) is 4.98 Å². The Balaban J connectivity index is 1.70. The molecule has 126 valence electrons. The molecule has 0 radical (unpaired) electrons. The minimum absolute atomic E-state index is 0.203. The summed E-state index contributed by atoms with van der Waals surface area (Å²) >= 11 is 6.03. The molecule has 0 saturated heterocycles. The van der Waals surface area contributed by atoms with Gasteiger partial charge < -0.3 is 15.4 Å². The Kier molecular flexibility index (Phi) is 5.16. The first-order valence-corrected chi connectivity index (χ1v) is 7.95. The zero-order valence-corrected chi connectivity index (χ0v) is 14.2. The van der Waals surface area contributed by atoms with Gasteiger partial charge in [-0.3, -0.25) is 9.78 Å². The van der Waals surface area contributed by atoms with Crippen molar-refractivity contribution in [3.05, 3.63) is 77.6 Å². The van der Waals surface area contributed by atoms with Gasteiger partial charge in [0.2, 0.25) is 0 Å². The number of methoxy groups -OCH3 is 1. The number of hydrogen-bond acceptors (Lipinski definition) is 4. The maximum atomic E-state index is 12.1. The zero-order chi connectivity index (χ0) is 17.6. The molecule has 1 aromatic heterocycles. The van der Waals surface area contributed by atoms with E-state index in [0.29, 0.717) is 22.0 Å². The number of anilines is 3. The molecule has 5 nitrogen and oxygen atoms in total. The van der Waals surface area contributed by atoms with Crippen LogP contribution in [-0.2, 0) is 0 Å². The van der Waals surface area contributed by atoms with Gasteiger partial charge in [0.05, 0.1) is 18.4 Å². The molecule has 3 rings (SSSR count). The van der Waals surface area contributed by atoms with Crippen LogP contribution in [0.25, 0.3) is 0 Å². The lowest BCUT2D eigenvalue weighted by atomic mass is 10.2. The predicted molar refractivity (Wildman–Crippen MR) is 99.9 cm³/mol. The molecule has 25 heavy (non-hydrogen) atoms. The van der Waals surface area contributed by atoms with E-state index in [1.807, 2.05) is 24.3 Å². The Labute approximate surface area is 150 Å². The van der Waals surface area contributed by atoms with Crippen molar-refractivity contribution in [2.45, 2.75) is 0 Å². The molecule has 0 saturated carbocycles. The number of carbonyl (C=O) groups is 1. The number of benzene rings is 2. The molecular formula is C19H16ClN3O2. The van der Waals surface area contributed by atoms with Crippen molar-refractivity contribution in [3.8, 4) is 5.75 Å². The minimum atomic E-state index is -0.203. The second kappa shape index (κ2) is 7.68. The minimum Gasteiger partial charge on any atom is -0.495 e. The van der Waals surface area contributed by atoms with Crippen molar-refractivity contribution in [3.63, 3.8) is 0 Å². The van der Waals surface area contributed by atoms with E-state index >= 15 is 0 Å². The predicted octanol–water partition coefficient (Wildman–Crippen LogP) is 4.74. The molecule has 1 heterocycles. The maximum absolute atomic E-state index is 12.1. The van der Waals surface area contributed by atoms with Gasteiger partial charge in [-0.1, -0.05) is 11.6 Å². The molecule has 2 N–H and O–H groups in total. The lowest BCUT2D eigenvalue weighted by Gasteiger charge is -2.12. The molecule has 0 aliphatic carbocycles. The van der Waals surface area contributed by atoms with Gasteiger partial charge in [-0.05, 0) is 54.6 Å². The molecule has 0 atom stereocenters. The first-order valence-electron chi connectivity index (χ1n) is 7.58. The fraction of sp³-hybridized carbons (Fsp3) is 0.0526. The number of nitrogens with one attached hydrogen (secondary N) is 2. The first kappa shape index (κ1) is 16.8. The highest BCUT2D eigenvalue weighted by molar-refractivity contribution is 6.31. The standard InChI is InChI=1S/C19H16ClN3O2/c1-25-18-9-4-14(20)11-17(18)22-15-5-7-16(8-6-15)23-19(24)13-3-2-10-21-12-13/h2-12,22H,1H3,(H,23,24). The topological polar surface area (TPSA) is 63.2 Å². The van der Waals surface area contributed by atoms with Crippen LogP contribution >= 0.6 is 11.6 Å². The summed E-state index contributed by atoms with van der Waals surface area (Å²) in [7, 11) is 1.60. The number of carbonyl (C=O) groups excluding carboxylic acids is 1. The van der Waals surface area contributed by atoms with E-state index in [2.05, 4.69) is 15.6 Å². The molecule has 1 amide bonds. The lowest BCUT2D eigenvalue weighted by Crippen LogP contribution is -2.11. The summed E-state index contributed by atoms with van der Waals surface area (Å²) in [5, 5.41) is 6.69. The summed E-state index contributed by atoms with van der Waals surface area (Å²) in [5.41, 5.74) is 2.81. The SMILES string of the molecule is COc1ccc(Cl)cc1Nc1ccc(NC(=O)c2cccnc2)cc1. The number of halogens is 1. The maximum Gasteiger partial charge on any atom is 0.257 e. The Bertz CT molecular complexity index is 868. The normalized spacial score (nSPS) is 10.2. The van der Waals surface area contributed by atoms with Crippen LogP contribution in [0.2, 0.25) is 5.02 Å². The van der Waals surface area contributed by atoms with Crippen LogP contribution in [0.1, 0.15) is 10.4 Å². The summed E-state index contributed by atoms with van der Waals surface area (Å²) < 4.78 is 5.31. The van der Waals surface area contributed by atoms with Crippen molar-refractivity contribution < 1.29 is 9.53 Å². The van der Waals surface area contributed by atoms with Gasteiger partial charge in [-0.25, -0.2) is 0 Å². The van der Waals surface area contributed by atoms with Crippen molar-refractivity contribution >= 4 is 34.6 Å². The van der Waals surface area contributed by atoms with Crippen LogP contribution in [0.15, 0.2) is 67.0 Å². The van der Waals surface area contributed by atoms with E-state index < -0.39 is 0 Å². The Morgan fingerprint density at radius 1 is 1.08 bits per heavy atom. The largest absolute Gasteiger partial charge is 0.495 e. The van der Waals surface area contributed by atoms with Crippen LogP contribution in [-0.4, -0.2) is 18.0 Å². The summed E-state index contributed by atoms with van der Waals surface area (Å²) in [4.78, 5) is 16.1. The third kappa shape index (κ3) is 4.28.